The lowest BCUT2D eigenvalue weighted by molar-refractivity contribution is 0.0642. The van der Waals surface area contributed by atoms with Crippen molar-refractivity contribution < 1.29 is 4.74 Å². The van der Waals surface area contributed by atoms with Gasteiger partial charge in [-0.05, 0) is 23.7 Å². The van der Waals surface area contributed by atoms with Crippen molar-refractivity contribution in [3.63, 3.8) is 0 Å². The maximum atomic E-state index is 5.67. The largest absolute Gasteiger partial charge is 0.356 e. The Bertz CT molecular complexity index is 451. The number of benzene rings is 1. The van der Waals surface area contributed by atoms with E-state index < -0.39 is 0 Å². The summed E-state index contributed by atoms with van der Waals surface area (Å²) in [6, 6.07) is 12.3. The maximum Gasteiger partial charge on any atom is 0.122 e. The first-order chi connectivity index (χ1) is 8.88. The summed E-state index contributed by atoms with van der Waals surface area (Å²) in [5.74, 6) is 0. The fraction of sp³-hybridized carbons (Fsp3) is 0.333. The van der Waals surface area contributed by atoms with Gasteiger partial charge in [-0.25, -0.2) is 0 Å². The van der Waals surface area contributed by atoms with Crippen LogP contribution in [-0.4, -0.2) is 11.1 Å². The molecule has 1 N–H and O–H groups in total. The zero-order chi connectivity index (χ0) is 12.6. The van der Waals surface area contributed by atoms with Crippen LogP contribution in [0, 0.1) is 0 Å². The van der Waals surface area contributed by atoms with Gasteiger partial charge in [-0.1, -0.05) is 37.3 Å². The summed E-state index contributed by atoms with van der Waals surface area (Å²) in [7, 11) is 0. The third-order valence-corrected chi connectivity index (χ3v) is 2.74. The van der Waals surface area contributed by atoms with Gasteiger partial charge in [0.15, 0.2) is 0 Å². The van der Waals surface area contributed by atoms with E-state index in [4.69, 9.17) is 4.74 Å². The van der Waals surface area contributed by atoms with Gasteiger partial charge in [0.2, 0.25) is 0 Å². The van der Waals surface area contributed by atoms with E-state index in [0.29, 0.717) is 13.3 Å². The minimum Gasteiger partial charge on any atom is -0.356 e. The minimum atomic E-state index is 0.598. The second kappa shape index (κ2) is 6.99. The number of rotatable bonds is 7. The van der Waals surface area contributed by atoms with Crippen molar-refractivity contribution in [3.05, 3.63) is 59.9 Å². The number of ether oxygens (including phenoxy) is 1. The van der Waals surface area contributed by atoms with Crippen LogP contribution in [0.4, 0.5) is 0 Å². The predicted molar refractivity (Wildman–Crippen MR) is 73.0 cm³/mol. The summed E-state index contributed by atoms with van der Waals surface area (Å²) in [4.78, 5) is 0. The highest BCUT2D eigenvalue weighted by Crippen LogP contribution is 2.04. The van der Waals surface area contributed by atoms with E-state index >= 15 is 0 Å². The minimum absolute atomic E-state index is 0.598. The third kappa shape index (κ3) is 4.02. The van der Waals surface area contributed by atoms with Crippen molar-refractivity contribution >= 4 is 0 Å². The van der Waals surface area contributed by atoms with Crippen molar-refractivity contribution in [2.45, 2.75) is 26.8 Å². The van der Waals surface area contributed by atoms with Crippen LogP contribution in [0.3, 0.4) is 0 Å². The van der Waals surface area contributed by atoms with Crippen molar-refractivity contribution in [3.8, 4) is 0 Å². The van der Waals surface area contributed by atoms with Gasteiger partial charge in [0.05, 0.1) is 6.61 Å². The molecule has 0 aliphatic heterocycles. The molecule has 0 bridgehead atoms. The molecule has 1 heterocycles. The van der Waals surface area contributed by atoms with E-state index in [9.17, 15) is 0 Å². The second-order valence-corrected chi connectivity index (χ2v) is 4.28. The molecule has 0 aliphatic rings. The Morgan fingerprint density at radius 1 is 1.11 bits per heavy atom. The summed E-state index contributed by atoms with van der Waals surface area (Å²) >= 11 is 0. The average molecular weight is 244 g/mol. The Morgan fingerprint density at radius 3 is 2.72 bits per heavy atom. The van der Waals surface area contributed by atoms with Crippen LogP contribution in [0.1, 0.15) is 18.1 Å². The standard InChI is InChI=1S/C15H20N2O/c1-2-16-10-15-8-9-17(11-15)13-18-12-14-6-4-3-5-7-14/h3-9,11,16H,2,10,12-13H2,1H3. The first-order valence-electron chi connectivity index (χ1n) is 6.35. The molecule has 0 fully saturated rings. The first kappa shape index (κ1) is 12.9. The average Bonchev–Trinajstić information content (AvgIpc) is 2.85. The van der Waals surface area contributed by atoms with Gasteiger partial charge in [-0.3, -0.25) is 0 Å². The van der Waals surface area contributed by atoms with Crippen LogP contribution in [0.2, 0.25) is 0 Å². The van der Waals surface area contributed by atoms with Crippen LogP contribution in [0.25, 0.3) is 0 Å². The molecule has 2 rings (SSSR count). The SMILES string of the molecule is CCNCc1ccn(COCc2ccccc2)c1. The highest BCUT2D eigenvalue weighted by molar-refractivity contribution is 5.13. The molecule has 0 unspecified atom stereocenters. The van der Waals surface area contributed by atoms with E-state index in [1.54, 1.807) is 0 Å². The quantitative estimate of drug-likeness (QED) is 0.810. The summed E-state index contributed by atoms with van der Waals surface area (Å²) in [6.45, 7) is 5.28. The molecule has 1 aromatic heterocycles. The van der Waals surface area contributed by atoms with Crippen LogP contribution in [0.5, 0.6) is 0 Å². The van der Waals surface area contributed by atoms with E-state index in [1.807, 2.05) is 18.2 Å². The lowest BCUT2D eigenvalue weighted by Crippen LogP contribution is -2.11. The number of nitrogens with zero attached hydrogens (tertiary/aromatic N) is 1. The van der Waals surface area contributed by atoms with Crippen LogP contribution in [-0.2, 0) is 24.6 Å². The van der Waals surface area contributed by atoms with Gasteiger partial charge >= 0.3 is 0 Å². The Kier molecular flexibility index (Phi) is 5.00. The van der Waals surface area contributed by atoms with Gasteiger partial charge in [-0.2, -0.15) is 0 Å². The molecule has 18 heavy (non-hydrogen) atoms. The molecule has 0 spiro atoms. The molecule has 0 saturated carbocycles. The number of aromatic nitrogens is 1. The number of hydrogen-bond donors (Lipinski definition) is 1. The molecule has 3 nitrogen and oxygen atoms in total. The van der Waals surface area contributed by atoms with E-state index in [0.717, 1.165) is 13.1 Å². The Balaban J connectivity index is 1.75. The second-order valence-electron chi connectivity index (χ2n) is 4.28. The van der Waals surface area contributed by atoms with Gasteiger partial charge in [-0.15, -0.1) is 0 Å². The molecule has 1 aromatic carbocycles. The van der Waals surface area contributed by atoms with E-state index in [-0.39, 0.29) is 0 Å². The zero-order valence-corrected chi connectivity index (χ0v) is 10.8. The normalized spacial score (nSPS) is 10.7. The number of nitrogens with one attached hydrogen (secondary N) is 1. The van der Waals surface area contributed by atoms with Crippen molar-refractivity contribution in [1.82, 2.24) is 9.88 Å². The molecule has 0 radical (unpaired) electrons. The first-order valence-corrected chi connectivity index (χ1v) is 6.35. The summed E-state index contributed by atoms with van der Waals surface area (Å²) < 4.78 is 7.73. The van der Waals surface area contributed by atoms with Gasteiger partial charge < -0.3 is 14.6 Å². The molecule has 96 valence electrons. The van der Waals surface area contributed by atoms with Crippen LogP contribution in [0.15, 0.2) is 48.8 Å². The Labute approximate surface area is 108 Å². The van der Waals surface area contributed by atoms with Gasteiger partial charge in [0.1, 0.15) is 6.73 Å². The number of hydrogen-bond acceptors (Lipinski definition) is 2. The molecule has 0 atom stereocenters. The zero-order valence-electron chi connectivity index (χ0n) is 10.8. The highest BCUT2D eigenvalue weighted by atomic mass is 16.5. The fourth-order valence-electron chi connectivity index (χ4n) is 1.79. The topological polar surface area (TPSA) is 26.2 Å². The van der Waals surface area contributed by atoms with Crippen molar-refractivity contribution in [2.24, 2.45) is 0 Å². The van der Waals surface area contributed by atoms with Crippen LogP contribution >= 0.6 is 0 Å². The van der Waals surface area contributed by atoms with Crippen LogP contribution < -0.4 is 5.32 Å². The molecular formula is C15H20N2O. The molecule has 0 saturated heterocycles. The lowest BCUT2D eigenvalue weighted by Gasteiger charge is -2.05. The van der Waals surface area contributed by atoms with Gasteiger partial charge in [0.25, 0.3) is 0 Å². The molecule has 0 aliphatic carbocycles. The summed E-state index contributed by atoms with van der Waals surface area (Å²) in [5.41, 5.74) is 2.50. The Hall–Kier alpha value is -1.58. The smallest absolute Gasteiger partial charge is 0.122 e. The van der Waals surface area contributed by atoms with Gasteiger partial charge in [0, 0.05) is 18.9 Å². The lowest BCUT2D eigenvalue weighted by atomic mass is 10.2. The van der Waals surface area contributed by atoms with E-state index in [1.165, 1.54) is 11.1 Å². The summed E-state index contributed by atoms with van der Waals surface area (Å²) in [5, 5.41) is 3.31. The maximum absolute atomic E-state index is 5.67. The van der Waals surface area contributed by atoms with Crippen molar-refractivity contribution in [1.29, 1.82) is 0 Å². The van der Waals surface area contributed by atoms with Crippen molar-refractivity contribution in [2.75, 3.05) is 6.54 Å². The predicted octanol–water partition coefficient (Wildman–Crippen LogP) is 2.77. The van der Waals surface area contributed by atoms with E-state index in [2.05, 4.69) is 47.4 Å². The molecular weight excluding hydrogens is 224 g/mol. The third-order valence-electron chi connectivity index (χ3n) is 2.74. The fourth-order valence-corrected chi connectivity index (χ4v) is 1.79. The highest BCUT2D eigenvalue weighted by Gasteiger charge is 1.97. The molecule has 2 aromatic rings. The Morgan fingerprint density at radius 2 is 1.94 bits per heavy atom. The summed E-state index contributed by atoms with van der Waals surface area (Å²) in [6.07, 6.45) is 4.17. The molecule has 0 amide bonds. The molecule has 3 heteroatoms. The monoisotopic (exact) mass is 244 g/mol.